The fraction of sp³-hybridized carbons (Fsp3) is 0.857. The molecular formula is C14H28N4O3. The van der Waals surface area contributed by atoms with E-state index in [0.29, 0.717) is 19.6 Å². The summed E-state index contributed by atoms with van der Waals surface area (Å²) in [7, 11) is 0. The summed E-state index contributed by atoms with van der Waals surface area (Å²) in [5, 5.41) is 2.58. The minimum absolute atomic E-state index is 0.0757. The maximum Gasteiger partial charge on any atom is 0.408 e. The molecule has 7 heteroatoms. The van der Waals surface area contributed by atoms with Gasteiger partial charge in [0, 0.05) is 39.3 Å². The fourth-order valence-corrected chi connectivity index (χ4v) is 2.19. The van der Waals surface area contributed by atoms with Crippen LogP contribution in [0, 0.1) is 0 Å². The normalized spacial score (nSPS) is 18.2. The lowest BCUT2D eigenvalue weighted by atomic mass is 10.2. The van der Waals surface area contributed by atoms with E-state index in [2.05, 4.69) is 10.2 Å². The van der Waals surface area contributed by atoms with Crippen LogP contribution in [0.1, 0.15) is 27.7 Å². The standard InChI is InChI=1S/C14H28N4O3/c1-11(16-13(20)21-14(2,3)4)12(19)18-9-7-17(6-5-15)8-10-18/h11H,5-10,15H2,1-4H3,(H,16,20). The number of nitrogens with one attached hydrogen (secondary N) is 1. The van der Waals surface area contributed by atoms with E-state index in [0.717, 1.165) is 19.6 Å². The van der Waals surface area contributed by atoms with Crippen molar-refractivity contribution in [2.75, 3.05) is 39.3 Å². The summed E-state index contributed by atoms with van der Waals surface area (Å²) in [4.78, 5) is 27.9. The van der Waals surface area contributed by atoms with Crippen molar-refractivity contribution in [3.63, 3.8) is 0 Å². The van der Waals surface area contributed by atoms with E-state index in [1.54, 1.807) is 32.6 Å². The van der Waals surface area contributed by atoms with Gasteiger partial charge in [0.25, 0.3) is 0 Å². The molecule has 0 aromatic heterocycles. The molecule has 0 radical (unpaired) electrons. The first-order valence-electron chi connectivity index (χ1n) is 7.43. The number of amides is 2. The predicted octanol–water partition coefficient (Wildman–Crippen LogP) is 0.00250. The van der Waals surface area contributed by atoms with Gasteiger partial charge in [0.2, 0.25) is 5.91 Å². The van der Waals surface area contributed by atoms with Crippen LogP contribution in [0.3, 0.4) is 0 Å². The van der Waals surface area contributed by atoms with Crippen LogP contribution < -0.4 is 11.1 Å². The van der Waals surface area contributed by atoms with E-state index in [4.69, 9.17) is 10.5 Å². The Morgan fingerprint density at radius 3 is 2.29 bits per heavy atom. The molecule has 21 heavy (non-hydrogen) atoms. The van der Waals surface area contributed by atoms with Crippen LogP contribution in [0.15, 0.2) is 0 Å². The SMILES string of the molecule is CC(NC(=O)OC(C)(C)C)C(=O)N1CCN(CCN)CC1. The Morgan fingerprint density at radius 2 is 1.81 bits per heavy atom. The Bertz CT molecular complexity index is 360. The van der Waals surface area contributed by atoms with Gasteiger partial charge in [0.05, 0.1) is 0 Å². The smallest absolute Gasteiger partial charge is 0.408 e. The Hall–Kier alpha value is -1.34. The largest absolute Gasteiger partial charge is 0.444 e. The zero-order valence-corrected chi connectivity index (χ0v) is 13.5. The summed E-state index contributed by atoms with van der Waals surface area (Å²) in [5.74, 6) is -0.0757. The van der Waals surface area contributed by atoms with E-state index in [1.807, 2.05) is 0 Å². The van der Waals surface area contributed by atoms with E-state index >= 15 is 0 Å². The first-order chi connectivity index (χ1) is 9.73. The molecule has 1 saturated heterocycles. The molecule has 0 bridgehead atoms. The lowest BCUT2D eigenvalue weighted by Gasteiger charge is -2.35. The van der Waals surface area contributed by atoms with E-state index in [9.17, 15) is 9.59 Å². The highest BCUT2D eigenvalue weighted by atomic mass is 16.6. The molecular weight excluding hydrogens is 272 g/mol. The number of ether oxygens (including phenoxy) is 1. The summed E-state index contributed by atoms with van der Waals surface area (Å²) in [5.41, 5.74) is 4.95. The van der Waals surface area contributed by atoms with Gasteiger partial charge in [0.15, 0.2) is 0 Å². The summed E-state index contributed by atoms with van der Waals surface area (Å²) in [6.45, 7) is 11.5. The number of piperazine rings is 1. The van der Waals surface area contributed by atoms with Crippen molar-refractivity contribution < 1.29 is 14.3 Å². The molecule has 1 heterocycles. The third-order valence-electron chi connectivity index (χ3n) is 3.23. The summed E-state index contributed by atoms with van der Waals surface area (Å²) in [6, 6.07) is -0.582. The molecule has 1 atom stereocenters. The number of nitrogens with zero attached hydrogens (tertiary/aromatic N) is 2. The second-order valence-corrected chi connectivity index (χ2v) is 6.32. The average molecular weight is 300 g/mol. The van der Waals surface area contributed by atoms with Gasteiger partial charge in [-0.2, -0.15) is 0 Å². The Balaban J connectivity index is 2.39. The molecule has 1 rings (SSSR count). The molecule has 0 spiro atoms. The molecule has 1 aliphatic rings. The monoisotopic (exact) mass is 300 g/mol. The minimum Gasteiger partial charge on any atom is -0.444 e. The fourth-order valence-electron chi connectivity index (χ4n) is 2.19. The Labute approximate surface area is 126 Å². The molecule has 1 aliphatic heterocycles. The molecule has 0 saturated carbocycles. The van der Waals surface area contributed by atoms with Crippen LogP contribution in [0.2, 0.25) is 0 Å². The number of hydrogen-bond acceptors (Lipinski definition) is 5. The van der Waals surface area contributed by atoms with Gasteiger partial charge < -0.3 is 20.7 Å². The molecule has 3 N–H and O–H groups in total. The highest BCUT2D eigenvalue weighted by Gasteiger charge is 2.27. The van der Waals surface area contributed by atoms with Crippen molar-refractivity contribution in [3.8, 4) is 0 Å². The van der Waals surface area contributed by atoms with Crippen LogP contribution in [0.5, 0.6) is 0 Å². The van der Waals surface area contributed by atoms with Crippen LogP contribution >= 0.6 is 0 Å². The van der Waals surface area contributed by atoms with E-state index < -0.39 is 17.7 Å². The quantitative estimate of drug-likeness (QED) is 0.763. The third-order valence-corrected chi connectivity index (χ3v) is 3.23. The molecule has 2 amide bonds. The summed E-state index contributed by atoms with van der Waals surface area (Å²) in [6.07, 6.45) is -0.565. The molecule has 0 aliphatic carbocycles. The van der Waals surface area contributed by atoms with Crippen molar-refractivity contribution >= 4 is 12.0 Å². The molecule has 122 valence electrons. The van der Waals surface area contributed by atoms with Gasteiger partial charge >= 0.3 is 6.09 Å². The van der Waals surface area contributed by atoms with E-state index in [1.165, 1.54) is 0 Å². The van der Waals surface area contributed by atoms with E-state index in [-0.39, 0.29) is 5.91 Å². The second-order valence-electron chi connectivity index (χ2n) is 6.32. The predicted molar refractivity (Wildman–Crippen MR) is 80.9 cm³/mol. The van der Waals surface area contributed by atoms with Gasteiger partial charge in [-0.05, 0) is 27.7 Å². The zero-order valence-electron chi connectivity index (χ0n) is 13.5. The maximum atomic E-state index is 12.3. The zero-order chi connectivity index (χ0) is 16.0. The van der Waals surface area contributed by atoms with Crippen LogP contribution in [-0.2, 0) is 9.53 Å². The maximum absolute atomic E-state index is 12.3. The number of rotatable bonds is 4. The average Bonchev–Trinajstić information content (AvgIpc) is 2.36. The van der Waals surface area contributed by atoms with Gasteiger partial charge in [-0.1, -0.05) is 0 Å². The number of nitrogens with two attached hydrogens (primary N) is 1. The lowest BCUT2D eigenvalue weighted by molar-refractivity contribution is -0.134. The number of carbonyl (C=O) groups is 2. The van der Waals surface area contributed by atoms with Crippen molar-refractivity contribution in [3.05, 3.63) is 0 Å². The number of alkyl carbamates (subject to hydrolysis) is 1. The lowest BCUT2D eigenvalue weighted by Crippen LogP contribution is -2.55. The topological polar surface area (TPSA) is 87.9 Å². The highest BCUT2D eigenvalue weighted by Crippen LogP contribution is 2.08. The first kappa shape index (κ1) is 17.7. The van der Waals surface area contributed by atoms with Crippen molar-refractivity contribution in [1.82, 2.24) is 15.1 Å². The molecule has 1 fully saturated rings. The molecule has 7 nitrogen and oxygen atoms in total. The summed E-state index contributed by atoms with van der Waals surface area (Å²) >= 11 is 0. The Kier molecular flexibility index (Phi) is 6.42. The van der Waals surface area contributed by atoms with Gasteiger partial charge in [0.1, 0.15) is 11.6 Å². The molecule has 0 aromatic carbocycles. The Morgan fingerprint density at radius 1 is 1.24 bits per heavy atom. The van der Waals surface area contributed by atoms with Crippen LogP contribution in [0.4, 0.5) is 4.79 Å². The van der Waals surface area contributed by atoms with Crippen LogP contribution in [0.25, 0.3) is 0 Å². The molecule has 0 aromatic rings. The number of hydrogen-bond donors (Lipinski definition) is 2. The van der Waals surface area contributed by atoms with Gasteiger partial charge in [-0.3, -0.25) is 9.69 Å². The van der Waals surface area contributed by atoms with Gasteiger partial charge in [-0.25, -0.2) is 4.79 Å². The van der Waals surface area contributed by atoms with Crippen molar-refractivity contribution in [2.24, 2.45) is 5.73 Å². The minimum atomic E-state index is -0.582. The third kappa shape index (κ3) is 6.31. The van der Waals surface area contributed by atoms with Gasteiger partial charge in [-0.15, -0.1) is 0 Å². The number of carbonyl (C=O) groups excluding carboxylic acids is 2. The van der Waals surface area contributed by atoms with Crippen LogP contribution in [-0.4, -0.2) is 72.7 Å². The highest BCUT2D eigenvalue weighted by molar-refractivity contribution is 5.85. The van der Waals surface area contributed by atoms with Crippen molar-refractivity contribution in [2.45, 2.75) is 39.3 Å². The molecule has 1 unspecified atom stereocenters. The van der Waals surface area contributed by atoms with Crippen molar-refractivity contribution in [1.29, 1.82) is 0 Å². The summed E-state index contributed by atoms with van der Waals surface area (Å²) < 4.78 is 5.15. The second kappa shape index (κ2) is 7.61. The first-order valence-corrected chi connectivity index (χ1v) is 7.43.